The van der Waals surface area contributed by atoms with Gasteiger partial charge >= 0.3 is 12.2 Å². The van der Waals surface area contributed by atoms with Crippen molar-refractivity contribution in [2.75, 3.05) is 64.5 Å². The van der Waals surface area contributed by atoms with Gasteiger partial charge in [-0.05, 0) is 107 Å². The van der Waals surface area contributed by atoms with E-state index in [1.807, 2.05) is 55.4 Å². The fourth-order valence-electron chi connectivity index (χ4n) is 5.65. The van der Waals surface area contributed by atoms with Crippen molar-refractivity contribution in [3.05, 3.63) is 0 Å². The van der Waals surface area contributed by atoms with Gasteiger partial charge in [0.2, 0.25) is 0 Å². The van der Waals surface area contributed by atoms with Crippen molar-refractivity contribution in [2.24, 2.45) is 0 Å². The zero-order valence-electron chi connectivity index (χ0n) is 31.7. The normalized spacial score (nSPS) is 20.9. The molecule has 0 radical (unpaired) electrons. The van der Waals surface area contributed by atoms with Gasteiger partial charge in [-0.2, -0.15) is 0 Å². The number of alkyl halides is 1. The molecule has 0 atom stereocenters. The van der Waals surface area contributed by atoms with Gasteiger partial charge in [0.15, 0.2) is 11.6 Å². The van der Waals surface area contributed by atoms with Crippen molar-refractivity contribution >= 4 is 28.1 Å². The summed E-state index contributed by atoms with van der Waals surface area (Å²) in [5, 5.41) is 10.3. The number of aliphatic hydroxyl groups is 1. The van der Waals surface area contributed by atoms with Crippen LogP contribution in [-0.4, -0.2) is 127 Å². The molecule has 0 aromatic heterocycles. The number of carbonyl (C=O) groups excluding carboxylic acids is 2. The lowest BCUT2D eigenvalue weighted by Gasteiger charge is -2.33. The molecule has 2 amide bonds. The number of hydrogen-bond donors (Lipinski definition) is 1. The lowest BCUT2D eigenvalue weighted by atomic mass is 10.1. The summed E-state index contributed by atoms with van der Waals surface area (Å²) in [7, 11) is 0. The molecule has 4 heterocycles. The van der Waals surface area contributed by atoms with Gasteiger partial charge in [0.1, 0.15) is 11.2 Å². The van der Waals surface area contributed by atoms with Crippen LogP contribution in [0.15, 0.2) is 0 Å². The Morgan fingerprint density at radius 3 is 1.46 bits per heavy atom. The number of carbonyl (C=O) groups is 2. The molecule has 4 rings (SSSR count). The van der Waals surface area contributed by atoms with Crippen molar-refractivity contribution in [1.29, 1.82) is 0 Å². The van der Waals surface area contributed by atoms with E-state index in [0.29, 0.717) is 52.2 Å². The predicted octanol–water partition coefficient (Wildman–Crippen LogP) is 7.66. The molecule has 0 aromatic rings. The van der Waals surface area contributed by atoms with Crippen LogP contribution in [-0.2, 0) is 33.2 Å². The van der Waals surface area contributed by atoms with Crippen LogP contribution in [0, 0.1) is 0 Å². The first kappa shape index (κ1) is 46.8. The Labute approximate surface area is 311 Å². The number of nitrogens with zero attached hydrogens (tertiary/aromatic N) is 2. The summed E-state index contributed by atoms with van der Waals surface area (Å²) in [5.41, 5.74) is -0.874. The molecule has 4 aliphatic rings. The van der Waals surface area contributed by atoms with Crippen LogP contribution < -0.4 is 0 Å². The number of rotatable bonds is 10. The van der Waals surface area contributed by atoms with Crippen LogP contribution in [0.4, 0.5) is 9.59 Å². The monoisotopic (exact) mass is 782 g/mol. The van der Waals surface area contributed by atoms with Crippen LogP contribution in [0.3, 0.4) is 0 Å². The van der Waals surface area contributed by atoms with E-state index >= 15 is 0 Å². The molecule has 296 valence electrons. The highest BCUT2D eigenvalue weighted by Crippen LogP contribution is 2.26. The zero-order valence-corrected chi connectivity index (χ0v) is 33.3. The molecule has 0 saturated carbocycles. The van der Waals surface area contributed by atoms with E-state index in [4.69, 9.17) is 33.2 Å². The van der Waals surface area contributed by atoms with Gasteiger partial charge < -0.3 is 48.1 Å². The molecule has 1 N–H and O–H groups in total. The molecule has 0 spiro atoms. The number of likely N-dealkylation sites (tertiary alicyclic amines) is 2. The molecule has 4 saturated heterocycles. The summed E-state index contributed by atoms with van der Waals surface area (Å²) in [6, 6.07) is 0. The molecule has 0 bridgehead atoms. The van der Waals surface area contributed by atoms with E-state index in [1.165, 1.54) is 12.8 Å². The standard InChI is InChI=1S/C18H33NO5.C10H19NO3.C8H15BrO2.CH4/c1-17(2,3)24-16(20)19-10-7-15(8-11-19)21-12-6-5-9-18(4)22-13-14-23-18;1-10(2,3)14-9(13)11-6-4-8(12)5-7-11;1-8(4-2-3-5-9)10-6-7-11-8;/h15H,5-14H2,1-4H3;8,12H,4-7H2,1-3H3;2-7H2,1H3;1H4. The first-order valence-electron chi connectivity index (χ1n) is 18.3. The van der Waals surface area contributed by atoms with E-state index in [1.54, 1.807) is 9.80 Å². The van der Waals surface area contributed by atoms with Gasteiger partial charge in [-0.3, -0.25) is 0 Å². The average molecular weight is 784 g/mol. The number of piperidine rings is 2. The van der Waals surface area contributed by atoms with Crippen LogP contribution in [0.1, 0.15) is 127 Å². The third kappa shape index (κ3) is 20.1. The third-order valence-electron chi connectivity index (χ3n) is 8.40. The van der Waals surface area contributed by atoms with Crippen molar-refractivity contribution in [3.63, 3.8) is 0 Å². The molecule has 0 aromatic carbocycles. The largest absolute Gasteiger partial charge is 0.444 e. The SMILES string of the molecule is C.CC(C)(C)OC(=O)N1CCC(O)CC1.CC(C)(C)OC(=O)N1CCC(OCCCCC2(C)OCCO2)CC1.CC1(CCCCBr)OCCO1. The first-order valence-corrected chi connectivity index (χ1v) is 19.4. The van der Waals surface area contributed by atoms with Gasteiger partial charge in [0.05, 0.1) is 38.6 Å². The van der Waals surface area contributed by atoms with E-state index in [9.17, 15) is 14.7 Å². The first-order chi connectivity index (χ1) is 22.9. The topological polar surface area (TPSA) is 125 Å². The second kappa shape index (κ2) is 22.8. The maximum Gasteiger partial charge on any atom is 0.410 e. The van der Waals surface area contributed by atoms with Crippen molar-refractivity contribution in [2.45, 2.75) is 162 Å². The van der Waals surface area contributed by atoms with Crippen molar-refractivity contribution in [3.8, 4) is 0 Å². The third-order valence-corrected chi connectivity index (χ3v) is 8.96. The van der Waals surface area contributed by atoms with Crippen LogP contribution >= 0.6 is 15.9 Å². The smallest absolute Gasteiger partial charge is 0.410 e. The van der Waals surface area contributed by atoms with Crippen LogP contribution in [0.2, 0.25) is 0 Å². The minimum Gasteiger partial charge on any atom is -0.444 e. The highest BCUT2D eigenvalue weighted by molar-refractivity contribution is 9.09. The molecular formula is C37H71BrN2O10. The fourth-order valence-corrected chi connectivity index (χ4v) is 6.04. The maximum absolute atomic E-state index is 12.0. The van der Waals surface area contributed by atoms with Gasteiger partial charge in [0, 0.05) is 51.0 Å². The summed E-state index contributed by atoms with van der Waals surface area (Å²) in [5.74, 6) is -0.666. The van der Waals surface area contributed by atoms with Gasteiger partial charge in [-0.25, -0.2) is 9.59 Å². The van der Waals surface area contributed by atoms with Crippen LogP contribution in [0.25, 0.3) is 0 Å². The maximum atomic E-state index is 12.0. The molecule has 12 nitrogen and oxygen atoms in total. The Hall–Kier alpha value is -1.22. The van der Waals surface area contributed by atoms with Crippen LogP contribution in [0.5, 0.6) is 0 Å². The van der Waals surface area contributed by atoms with Gasteiger partial charge in [-0.1, -0.05) is 23.4 Å². The molecule has 13 heteroatoms. The fraction of sp³-hybridized carbons (Fsp3) is 0.946. The quantitative estimate of drug-likeness (QED) is 0.174. The van der Waals surface area contributed by atoms with E-state index in [2.05, 4.69) is 15.9 Å². The summed E-state index contributed by atoms with van der Waals surface area (Å²) in [6.45, 7) is 21.5. The second-order valence-electron chi connectivity index (χ2n) is 15.5. The van der Waals surface area contributed by atoms with Gasteiger partial charge in [-0.15, -0.1) is 0 Å². The number of unbranched alkanes of at least 4 members (excludes halogenated alkanes) is 2. The Balaban J connectivity index is 0.000000408. The highest BCUT2D eigenvalue weighted by Gasteiger charge is 2.31. The minimum absolute atomic E-state index is 0. The summed E-state index contributed by atoms with van der Waals surface area (Å²) in [4.78, 5) is 27.0. The molecule has 50 heavy (non-hydrogen) atoms. The highest BCUT2D eigenvalue weighted by atomic mass is 79.9. The zero-order chi connectivity index (χ0) is 36.6. The summed E-state index contributed by atoms with van der Waals surface area (Å²) < 4.78 is 38.7. The number of amides is 2. The Morgan fingerprint density at radius 2 is 1.08 bits per heavy atom. The Morgan fingerprint density at radius 1 is 0.700 bits per heavy atom. The molecule has 0 aliphatic carbocycles. The molecule has 4 fully saturated rings. The number of ether oxygens (including phenoxy) is 7. The number of aliphatic hydroxyl groups excluding tert-OH is 1. The molecular weight excluding hydrogens is 712 g/mol. The molecule has 4 aliphatic heterocycles. The Bertz CT molecular complexity index is 930. The summed E-state index contributed by atoms with van der Waals surface area (Å²) in [6.07, 6.45) is 8.89. The lowest BCUT2D eigenvalue weighted by Crippen LogP contribution is -2.43. The van der Waals surface area contributed by atoms with Crippen molar-refractivity contribution in [1.82, 2.24) is 9.80 Å². The second-order valence-corrected chi connectivity index (χ2v) is 16.3. The average Bonchev–Trinajstić information content (AvgIpc) is 3.65. The number of hydrogen-bond acceptors (Lipinski definition) is 10. The van der Waals surface area contributed by atoms with E-state index < -0.39 is 17.0 Å². The molecule has 0 unspecified atom stereocenters. The summed E-state index contributed by atoms with van der Waals surface area (Å²) >= 11 is 3.39. The van der Waals surface area contributed by atoms with E-state index in [0.717, 1.165) is 63.7 Å². The van der Waals surface area contributed by atoms with Crippen molar-refractivity contribution < 1.29 is 47.9 Å². The Kier molecular flexibility index (Phi) is 21.3. The van der Waals surface area contributed by atoms with E-state index in [-0.39, 0.29) is 37.6 Å². The lowest BCUT2D eigenvalue weighted by molar-refractivity contribution is -0.148. The van der Waals surface area contributed by atoms with Gasteiger partial charge in [0.25, 0.3) is 0 Å². The predicted molar refractivity (Wildman–Crippen MR) is 199 cm³/mol. The number of halogens is 1. The minimum atomic E-state index is -0.437.